The zero-order valence-electron chi connectivity index (χ0n) is 14.2. The van der Waals surface area contributed by atoms with Crippen LogP contribution in [-0.2, 0) is 13.2 Å². The Kier molecular flexibility index (Phi) is 4.87. The third-order valence-corrected chi connectivity index (χ3v) is 4.35. The number of carbonyl (C=O) groups is 1. The number of aryl methyl sites for hydroxylation is 1. The van der Waals surface area contributed by atoms with Gasteiger partial charge in [0.05, 0.1) is 12.5 Å². The van der Waals surface area contributed by atoms with Gasteiger partial charge < -0.3 is 9.88 Å². The van der Waals surface area contributed by atoms with Crippen molar-refractivity contribution in [3.63, 3.8) is 0 Å². The summed E-state index contributed by atoms with van der Waals surface area (Å²) >= 11 is 0. The molecule has 1 fully saturated rings. The highest BCUT2D eigenvalue weighted by Crippen LogP contribution is 2.33. The molecule has 1 aliphatic carbocycles. The summed E-state index contributed by atoms with van der Waals surface area (Å²) in [6, 6.07) is 0.00804. The van der Waals surface area contributed by atoms with Crippen LogP contribution in [0.2, 0.25) is 0 Å². The van der Waals surface area contributed by atoms with Gasteiger partial charge in [0.25, 0.3) is 5.91 Å². The summed E-state index contributed by atoms with van der Waals surface area (Å²) in [7, 11) is 1.55. The third kappa shape index (κ3) is 4.40. The molecule has 0 unspecified atom stereocenters. The Morgan fingerprint density at radius 1 is 1.26 bits per heavy atom. The number of hydrogen-bond donors (Lipinski definition) is 1. The molecule has 0 spiro atoms. The summed E-state index contributed by atoms with van der Waals surface area (Å²) in [5.74, 6) is -3.93. The second-order valence-electron chi connectivity index (χ2n) is 6.45. The lowest BCUT2D eigenvalue weighted by molar-refractivity contribution is -0.141. The zero-order chi connectivity index (χ0) is 19.8. The molecule has 0 aliphatic heterocycles. The highest BCUT2D eigenvalue weighted by atomic mass is 19.4. The Hall–Kier alpha value is -2.59. The maximum Gasteiger partial charge on any atom is 0.433 e. The molecule has 11 heteroatoms. The van der Waals surface area contributed by atoms with Crippen LogP contribution in [-0.4, -0.2) is 37.4 Å². The van der Waals surface area contributed by atoms with Gasteiger partial charge in [-0.15, -0.1) is 0 Å². The predicted molar refractivity (Wildman–Crippen MR) is 83.9 cm³/mol. The van der Waals surface area contributed by atoms with Gasteiger partial charge in [-0.05, 0) is 12.8 Å². The Labute approximate surface area is 150 Å². The predicted octanol–water partition coefficient (Wildman–Crippen LogP) is 3.20. The number of rotatable bonds is 3. The minimum atomic E-state index is -4.78. The van der Waals surface area contributed by atoms with Crippen LogP contribution in [0.1, 0.15) is 41.9 Å². The van der Waals surface area contributed by atoms with E-state index >= 15 is 0 Å². The summed E-state index contributed by atoms with van der Waals surface area (Å²) in [5, 5.41) is 2.49. The molecule has 2 aromatic heterocycles. The van der Waals surface area contributed by atoms with Gasteiger partial charge in [0.2, 0.25) is 5.92 Å². The minimum absolute atomic E-state index is 0.0462. The molecule has 146 valence electrons. The average Bonchev–Trinajstić information content (AvgIpc) is 3.01. The SMILES string of the molecule is Cn1cncc1-c1nc(C(=O)NC2CCC(F)(F)CC2)cc(C(F)(F)F)n1. The van der Waals surface area contributed by atoms with Crippen LogP contribution in [0.5, 0.6) is 0 Å². The Balaban J connectivity index is 1.88. The van der Waals surface area contributed by atoms with Gasteiger partial charge in [-0.3, -0.25) is 4.79 Å². The van der Waals surface area contributed by atoms with E-state index in [9.17, 15) is 26.7 Å². The largest absolute Gasteiger partial charge is 0.433 e. The van der Waals surface area contributed by atoms with Gasteiger partial charge in [0.15, 0.2) is 5.82 Å². The third-order valence-electron chi connectivity index (χ3n) is 4.35. The van der Waals surface area contributed by atoms with Gasteiger partial charge in [-0.2, -0.15) is 13.2 Å². The molecule has 1 saturated carbocycles. The lowest BCUT2D eigenvalue weighted by Crippen LogP contribution is -2.40. The van der Waals surface area contributed by atoms with Crippen LogP contribution >= 0.6 is 0 Å². The molecular formula is C16H16F5N5O. The molecule has 27 heavy (non-hydrogen) atoms. The van der Waals surface area contributed by atoms with Crippen molar-refractivity contribution in [2.24, 2.45) is 7.05 Å². The van der Waals surface area contributed by atoms with E-state index < -0.39 is 35.4 Å². The molecule has 1 amide bonds. The molecule has 0 radical (unpaired) electrons. The van der Waals surface area contributed by atoms with Crippen LogP contribution in [0.3, 0.4) is 0 Å². The molecule has 0 saturated heterocycles. The fraction of sp³-hybridized carbons (Fsp3) is 0.500. The maximum atomic E-state index is 13.2. The summed E-state index contributed by atoms with van der Waals surface area (Å²) < 4.78 is 67.3. The summed E-state index contributed by atoms with van der Waals surface area (Å²) in [5.41, 5.74) is -1.55. The highest BCUT2D eigenvalue weighted by Gasteiger charge is 2.37. The Bertz CT molecular complexity index is 838. The number of hydrogen-bond acceptors (Lipinski definition) is 4. The maximum absolute atomic E-state index is 13.2. The van der Waals surface area contributed by atoms with Crippen LogP contribution in [0.15, 0.2) is 18.6 Å². The molecule has 2 aromatic rings. The van der Waals surface area contributed by atoms with Crippen LogP contribution in [0.4, 0.5) is 22.0 Å². The van der Waals surface area contributed by atoms with Crippen molar-refractivity contribution >= 4 is 5.91 Å². The summed E-state index contributed by atoms with van der Waals surface area (Å²) in [6.45, 7) is 0. The Morgan fingerprint density at radius 2 is 1.93 bits per heavy atom. The molecular weight excluding hydrogens is 373 g/mol. The molecule has 0 atom stereocenters. The second-order valence-corrected chi connectivity index (χ2v) is 6.45. The van der Waals surface area contributed by atoms with E-state index in [2.05, 4.69) is 20.3 Å². The number of imidazole rings is 1. The summed E-state index contributed by atoms with van der Waals surface area (Å²) in [4.78, 5) is 23.6. The fourth-order valence-corrected chi connectivity index (χ4v) is 2.84. The molecule has 2 heterocycles. The van der Waals surface area contributed by atoms with E-state index in [0.717, 1.165) is 0 Å². The monoisotopic (exact) mass is 389 g/mol. The quantitative estimate of drug-likeness (QED) is 0.819. The minimum Gasteiger partial charge on any atom is -0.348 e. The van der Waals surface area contributed by atoms with E-state index in [1.807, 2.05) is 0 Å². The van der Waals surface area contributed by atoms with Crippen molar-refractivity contribution in [3.05, 3.63) is 30.0 Å². The molecule has 0 aromatic carbocycles. The van der Waals surface area contributed by atoms with Crippen molar-refractivity contribution < 1.29 is 26.7 Å². The lowest BCUT2D eigenvalue weighted by atomic mass is 9.92. The van der Waals surface area contributed by atoms with Crippen molar-refractivity contribution in [2.45, 2.75) is 43.8 Å². The van der Waals surface area contributed by atoms with E-state index in [1.165, 1.54) is 17.1 Å². The number of carbonyl (C=O) groups excluding carboxylic acids is 1. The zero-order valence-corrected chi connectivity index (χ0v) is 14.2. The van der Waals surface area contributed by atoms with Gasteiger partial charge >= 0.3 is 6.18 Å². The van der Waals surface area contributed by atoms with Gasteiger partial charge in [-0.25, -0.2) is 23.7 Å². The summed E-state index contributed by atoms with van der Waals surface area (Å²) in [6.07, 6.45) is -2.81. The van der Waals surface area contributed by atoms with Crippen LogP contribution in [0.25, 0.3) is 11.5 Å². The van der Waals surface area contributed by atoms with Crippen LogP contribution in [0, 0.1) is 0 Å². The van der Waals surface area contributed by atoms with E-state index in [1.54, 1.807) is 7.05 Å². The molecule has 1 N–H and O–H groups in total. The highest BCUT2D eigenvalue weighted by molar-refractivity contribution is 5.93. The molecule has 1 aliphatic rings. The topological polar surface area (TPSA) is 72.7 Å². The van der Waals surface area contributed by atoms with Gasteiger partial charge in [0, 0.05) is 32.0 Å². The van der Waals surface area contributed by atoms with Crippen molar-refractivity contribution in [2.75, 3.05) is 0 Å². The molecule has 0 bridgehead atoms. The van der Waals surface area contributed by atoms with Crippen molar-refractivity contribution in [1.82, 2.24) is 24.8 Å². The number of aromatic nitrogens is 4. The first-order valence-corrected chi connectivity index (χ1v) is 8.17. The standard InChI is InChI=1S/C16H16F5N5O/c1-26-8-22-7-11(26)13-24-10(6-12(25-13)16(19,20)21)14(27)23-9-2-4-15(17,18)5-3-9/h6-9H,2-5H2,1H3,(H,23,27). The normalized spacial score (nSPS) is 17.7. The van der Waals surface area contributed by atoms with Gasteiger partial charge in [-0.1, -0.05) is 0 Å². The first-order chi connectivity index (χ1) is 12.5. The van der Waals surface area contributed by atoms with E-state index in [-0.39, 0.29) is 37.2 Å². The second kappa shape index (κ2) is 6.86. The first-order valence-electron chi connectivity index (χ1n) is 8.17. The fourth-order valence-electron chi connectivity index (χ4n) is 2.84. The average molecular weight is 389 g/mol. The number of alkyl halides is 5. The van der Waals surface area contributed by atoms with Crippen molar-refractivity contribution in [1.29, 1.82) is 0 Å². The molecule has 6 nitrogen and oxygen atoms in total. The molecule has 3 rings (SSSR count). The first kappa shape index (κ1) is 19.2. The number of nitrogens with zero attached hydrogens (tertiary/aromatic N) is 4. The van der Waals surface area contributed by atoms with E-state index in [4.69, 9.17) is 0 Å². The number of amides is 1. The number of halogens is 5. The lowest BCUT2D eigenvalue weighted by Gasteiger charge is -2.28. The Morgan fingerprint density at radius 3 is 2.48 bits per heavy atom. The van der Waals surface area contributed by atoms with E-state index in [0.29, 0.717) is 6.07 Å². The number of nitrogens with one attached hydrogen (secondary N) is 1. The van der Waals surface area contributed by atoms with Crippen molar-refractivity contribution in [3.8, 4) is 11.5 Å². The van der Waals surface area contributed by atoms with Gasteiger partial charge in [0.1, 0.15) is 17.1 Å². The van der Waals surface area contributed by atoms with Crippen LogP contribution < -0.4 is 5.32 Å². The smallest absolute Gasteiger partial charge is 0.348 e.